The van der Waals surface area contributed by atoms with Crippen molar-refractivity contribution in [2.75, 3.05) is 33.7 Å². The molecule has 3 N–H and O–H groups in total. The Morgan fingerprint density at radius 2 is 1.79 bits per heavy atom. The second-order valence-corrected chi connectivity index (χ2v) is 11.8. The van der Waals surface area contributed by atoms with E-state index in [1.54, 1.807) is 25.1 Å². The maximum Gasteiger partial charge on any atom is 0.246 e. The molecule has 0 saturated carbocycles. The fraction of sp³-hybridized carbons (Fsp3) is 0.483. The van der Waals surface area contributed by atoms with Gasteiger partial charge >= 0.3 is 0 Å². The Bertz CT molecular complexity index is 1100. The number of piperidine rings is 1. The minimum absolute atomic E-state index is 0.150. The van der Waals surface area contributed by atoms with Crippen LogP contribution >= 0.6 is 11.3 Å². The Morgan fingerprint density at radius 3 is 2.37 bits per heavy atom. The highest BCUT2D eigenvalue weighted by Gasteiger charge is 2.39. The van der Waals surface area contributed by atoms with Crippen molar-refractivity contribution in [3.05, 3.63) is 70.4 Å². The molecule has 1 saturated heterocycles. The Labute approximate surface area is 229 Å². The van der Waals surface area contributed by atoms with E-state index in [-0.39, 0.29) is 24.3 Å². The van der Waals surface area contributed by atoms with Crippen LogP contribution in [0.15, 0.2) is 60.0 Å². The van der Waals surface area contributed by atoms with Gasteiger partial charge in [0.15, 0.2) is 0 Å². The topological polar surface area (TPSA) is 107 Å². The monoisotopic (exact) mass is 540 g/mol. The first kappa shape index (κ1) is 29.5. The number of likely N-dealkylation sites (tertiary alicyclic amines) is 1. The minimum atomic E-state index is -0.933. The van der Waals surface area contributed by atoms with Crippen LogP contribution < -0.4 is 5.73 Å². The van der Waals surface area contributed by atoms with Crippen LogP contribution in [0.25, 0.3) is 0 Å². The second-order valence-electron chi connectivity index (χ2n) is 10.8. The van der Waals surface area contributed by atoms with Crippen molar-refractivity contribution in [1.82, 2.24) is 14.7 Å². The molecule has 1 unspecified atom stereocenters. The van der Waals surface area contributed by atoms with Crippen molar-refractivity contribution in [1.29, 1.82) is 0 Å². The molecule has 38 heavy (non-hydrogen) atoms. The first-order valence-electron chi connectivity index (χ1n) is 12.9. The number of likely N-dealkylation sites (N-methyl/N-ethyl adjacent to an activating group) is 2. The molecule has 1 atom stereocenters. The number of carbonyl (C=O) groups excluding carboxylic acids is 3. The summed E-state index contributed by atoms with van der Waals surface area (Å²) in [5.41, 5.74) is 5.54. The quantitative estimate of drug-likeness (QED) is 0.451. The van der Waals surface area contributed by atoms with Crippen molar-refractivity contribution in [2.24, 2.45) is 5.73 Å². The number of amides is 3. The predicted molar refractivity (Wildman–Crippen MR) is 150 cm³/mol. The number of hydrogen-bond acceptors (Lipinski definition) is 6. The van der Waals surface area contributed by atoms with Crippen molar-refractivity contribution in [3.63, 3.8) is 0 Å². The number of benzene rings is 1. The average molecular weight is 541 g/mol. The zero-order valence-corrected chi connectivity index (χ0v) is 23.6. The molecule has 1 aromatic carbocycles. The highest BCUT2D eigenvalue weighted by molar-refractivity contribution is 7.10. The molecule has 8 nitrogen and oxygen atoms in total. The average Bonchev–Trinajstić information content (AvgIpc) is 3.43. The zero-order chi connectivity index (χ0) is 27.9. The summed E-state index contributed by atoms with van der Waals surface area (Å²) in [6, 6.07) is 12.7. The van der Waals surface area contributed by atoms with Gasteiger partial charge in [0.2, 0.25) is 17.7 Å². The molecule has 1 aliphatic heterocycles. The fourth-order valence-electron chi connectivity index (χ4n) is 4.48. The first-order chi connectivity index (χ1) is 17.9. The van der Waals surface area contributed by atoms with E-state index in [1.165, 1.54) is 27.2 Å². The summed E-state index contributed by atoms with van der Waals surface area (Å²) >= 11 is 1.52. The van der Waals surface area contributed by atoms with Gasteiger partial charge in [-0.05, 0) is 56.2 Å². The summed E-state index contributed by atoms with van der Waals surface area (Å²) in [5, 5.41) is 13.1. The molecule has 3 amide bonds. The van der Waals surface area contributed by atoms with Crippen LogP contribution in [0.3, 0.4) is 0 Å². The molecule has 206 valence electrons. The van der Waals surface area contributed by atoms with Crippen LogP contribution in [0.2, 0.25) is 0 Å². The van der Waals surface area contributed by atoms with Gasteiger partial charge in [0.1, 0.15) is 11.6 Å². The van der Waals surface area contributed by atoms with Crippen molar-refractivity contribution in [3.8, 4) is 0 Å². The molecule has 1 aliphatic rings. The van der Waals surface area contributed by atoms with Crippen molar-refractivity contribution in [2.45, 2.75) is 56.7 Å². The molecular formula is C29H40N4O4S. The maximum atomic E-state index is 13.8. The van der Waals surface area contributed by atoms with Crippen LogP contribution in [0, 0.1) is 0 Å². The molecule has 9 heteroatoms. The number of nitrogens with two attached hydrogens (primary N) is 1. The number of thiophene rings is 1. The lowest BCUT2D eigenvalue weighted by Gasteiger charge is -2.40. The van der Waals surface area contributed by atoms with Gasteiger partial charge in [0, 0.05) is 44.0 Å². The summed E-state index contributed by atoms with van der Waals surface area (Å²) in [4.78, 5) is 45.0. The van der Waals surface area contributed by atoms with Crippen LogP contribution in [-0.2, 0) is 26.4 Å². The predicted octanol–water partition coefficient (Wildman–Crippen LogP) is 2.77. The lowest BCUT2D eigenvalue weighted by molar-refractivity contribution is -0.148. The van der Waals surface area contributed by atoms with Crippen molar-refractivity contribution < 1.29 is 19.5 Å². The summed E-state index contributed by atoms with van der Waals surface area (Å²) in [5.74, 6) is -0.780. The van der Waals surface area contributed by atoms with E-state index in [0.717, 1.165) is 10.4 Å². The Morgan fingerprint density at radius 1 is 1.13 bits per heavy atom. The van der Waals surface area contributed by atoms with E-state index >= 15 is 0 Å². The van der Waals surface area contributed by atoms with Gasteiger partial charge < -0.3 is 25.5 Å². The number of carbonyl (C=O) groups is 3. The van der Waals surface area contributed by atoms with Gasteiger partial charge in [0.25, 0.3) is 0 Å². The van der Waals surface area contributed by atoms with Crippen LogP contribution in [0.4, 0.5) is 0 Å². The van der Waals surface area contributed by atoms with Crippen LogP contribution in [0.1, 0.15) is 43.6 Å². The SMILES string of the molecule is CN(CC(=O)N(C)C(Cc1ccccc1)C(=O)N1CCC(O)(c2cccs2)CC1)C(=O)/C=C/CC(C)(C)N. The van der Waals surface area contributed by atoms with Gasteiger partial charge in [-0.25, -0.2) is 0 Å². The Kier molecular flexibility index (Phi) is 9.87. The van der Waals surface area contributed by atoms with Crippen molar-refractivity contribution >= 4 is 29.1 Å². The summed E-state index contributed by atoms with van der Waals surface area (Å²) < 4.78 is 0. The zero-order valence-electron chi connectivity index (χ0n) is 22.8. The van der Waals surface area contributed by atoms with Crippen LogP contribution in [0.5, 0.6) is 0 Å². The Hall–Kier alpha value is -3.01. The third-order valence-electron chi connectivity index (χ3n) is 6.95. The molecule has 2 heterocycles. The number of rotatable bonds is 10. The third kappa shape index (κ3) is 7.99. The summed E-state index contributed by atoms with van der Waals surface area (Å²) in [6.07, 6.45) is 4.91. The number of nitrogens with zero attached hydrogens (tertiary/aromatic N) is 3. The first-order valence-corrected chi connectivity index (χ1v) is 13.8. The molecule has 0 spiro atoms. The number of hydrogen-bond donors (Lipinski definition) is 2. The molecule has 1 fully saturated rings. The second kappa shape index (κ2) is 12.7. The van der Waals surface area contributed by atoms with E-state index in [1.807, 2.05) is 61.7 Å². The largest absolute Gasteiger partial charge is 0.384 e. The van der Waals surface area contributed by atoms with E-state index in [0.29, 0.717) is 38.8 Å². The van der Waals surface area contributed by atoms with Gasteiger partial charge in [-0.1, -0.05) is 42.5 Å². The minimum Gasteiger partial charge on any atom is -0.384 e. The molecule has 0 bridgehead atoms. The highest BCUT2D eigenvalue weighted by atomic mass is 32.1. The fourth-order valence-corrected chi connectivity index (χ4v) is 5.37. The van der Waals surface area contributed by atoms with E-state index in [2.05, 4.69) is 0 Å². The molecule has 2 aromatic rings. The van der Waals surface area contributed by atoms with E-state index in [9.17, 15) is 19.5 Å². The highest BCUT2D eigenvalue weighted by Crippen LogP contribution is 2.35. The lowest BCUT2D eigenvalue weighted by atomic mass is 9.89. The normalized spacial score (nSPS) is 16.3. The summed E-state index contributed by atoms with van der Waals surface area (Å²) in [6.45, 7) is 4.41. The standard InChI is InChI=1S/C29H40N4O4S/c1-28(2,30)14-8-13-25(34)31(3)21-26(35)32(4)23(20-22-10-6-5-7-11-22)27(36)33-17-15-29(37,16-18-33)24-12-9-19-38-24/h5-13,19,23,37H,14-18,20-21,30H2,1-4H3/b13-8+. The van der Waals surface area contributed by atoms with Gasteiger partial charge in [-0.15, -0.1) is 11.3 Å². The lowest BCUT2D eigenvalue weighted by Crippen LogP contribution is -2.55. The molecular weight excluding hydrogens is 500 g/mol. The molecule has 0 radical (unpaired) electrons. The third-order valence-corrected chi connectivity index (χ3v) is 8.02. The molecule has 0 aliphatic carbocycles. The molecule has 3 rings (SSSR count). The van der Waals surface area contributed by atoms with Gasteiger partial charge in [-0.2, -0.15) is 0 Å². The van der Waals surface area contributed by atoms with Gasteiger partial charge in [0.05, 0.1) is 6.54 Å². The molecule has 1 aromatic heterocycles. The summed E-state index contributed by atoms with van der Waals surface area (Å²) in [7, 11) is 3.18. The van der Waals surface area contributed by atoms with Crippen LogP contribution in [-0.4, -0.2) is 82.8 Å². The number of aliphatic hydroxyl groups is 1. The smallest absolute Gasteiger partial charge is 0.246 e. The maximum absolute atomic E-state index is 13.8. The van der Waals surface area contributed by atoms with E-state index < -0.39 is 17.2 Å². The Balaban J connectivity index is 1.69. The van der Waals surface area contributed by atoms with Gasteiger partial charge in [-0.3, -0.25) is 14.4 Å². The van der Waals surface area contributed by atoms with E-state index in [4.69, 9.17) is 5.73 Å².